The average molecular weight is 294 g/mol. The van der Waals surface area contributed by atoms with Gasteiger partial charge in [0.1, 0.15) is 0 Å². The number of para-hydroxylation sites is 1. The average Bonchev–Trinajstić information content (AvgIpc) is 2.79. The van der Waals surface area contributed by atoms with E-state index in [0.717, 1.165) is 34.5 Å². The number of benzene rings is 1. The molecule has 0 saturated carbocycles. The highest BCUT2D eigenvalue weighted by Gasteiger charge is 2.23. The van der Waals surface area contributed by atoms with Crippen molar-refractivity contribution in [2.75, 3.05) is 7.05 Å². The van der Waals surface area contributed by atoms with Crippen LogP contribution in [0.25, 0.3) is 5.69 Å². The molecule has 88 valence electrons. The fraction of sp³-hybridized carbons (Fsp3) is 0.250. The van der Waals surface area contributed by atoms with Gasteiger partial charge in [-0.15, -0.1) is 0 Å². The van der Waals surface area contributed by atoms with Crippen molar-refractivity contribution in [3.05, 3.63) is 50.3 Å². The fourth-order valence-electron chi connectivity index (χ4n) is 2.21. The summed E-state index contributed by atoms with van der Waals surface area (Å²) in [7, 11) is 2.01. The second-order valence-electron chi connectivity index (χ2n) is 4.33. The zero-order valence-corrected chi connectivity index (χ0v) is 11.0. The van der Waals surface area contributed by atoms with Gasteiger partial charge >= 0.3 is 0 Å². The summed E-state index contributed by atoms with van der Waals surface area (Å²) >= 11 is 3.46. The van der Waals surface area contributed by atoms with E-state index in [1.165, 1.54) is 0 Å². The normalized spacial score (nSPS) is 15.2. The number of aromatic nitrogens is 2. The van der Waals surface area contributed by atoms with Crippen molar-refractivity contribution < 1.29 is 0 Å². The van der Waals surface area contributed by atoms with Crippen LogP contribution in [-0.4, -0.2) is 21.7 Å². The lowest BCUT2D eigenvalue weighted by Gasteiger charge is -2.08. The Morgan fingerprint density at radius 2 is 2.06 bits per heavy atom. The quantitative estimate of drug-likeness (QED) is 0.872. The lowest BCUT2D eigenvalue weighted by atomic mass is 10.3. The Hall–Kier alpha value is -1.33. The zero-order valence-electron chi connectivity index (χ0n) is 9.40. The third-order valence-electron chi connectivity index (χ3n) is 3.02. The van der Waals surface area contributed by atoms with E-state index in [2.05, 4.69) is 25.9 Å². The Labute approximate surface area is 107 Å². The Morgan fingerprint density at radius 1 is 1.29 bits per heavy atom. The van der Waals surface area contributed by atoms with Crippen LogP contribution in [-0.2, 0) is 13.1 Å². The third kappa shape index (κ3) is 1.66. The zero-order chi connectivity index (χ0) is 12.0. The molecule has 0 radical (unpaired) electrons. The van der Waals surface area contributed by atoms with Crippen LogP contribution in [0.1, 0.15) is 11.3 Å². The van der Waals surface area contributed by atoms with Crippen LogP contribution in [0.4, 0.5) is 0 Å². The molecule has 0 bridgehead atoms. The van der Waals surface area contributed by atoms with E-state index >= 15 is 0 Å². The number of rotatable bonds is 1. The van der Waals surface area contributed by atoms with Gasteiger partial charge in [0, 0.05) is 17.6 Å². The first-order valence-electron chi connectivity index (χ1n) is 5.43. The molecule has 0 saturated heterocycles. The van der Waals surface area contributed by atoms with Crippen molar-refractivity contribution in [3.8, 4) is 5.69 Å². The molecule has 0 amide bonds. The van der Waals surface area contributed by atoms with Crippen LogP contribution in [0.2, 0.25) is 0 Å². The van der Waals surface area contributed by atoms with E-state index in [9.17, 15) is 4.79 Å². The summed E-state index contributed by atoms with van der Waals surface area (Å²) in [5, 5.41) is 3.18. The molecule has 5 heteroatoms. The lowest BCUT2D eigenvalue weighted by Crippen LogP contribution is -2.21. The smallest absolute Gasteiger partial charge is 0.276 e. The maximum atomic E-state index is 12.2. The summed E-state index contributed by atoms with van der Waals surface area (Å²) in [5.74, 6) is 0. The van der Waals surface area contributed by atoms with E-state index in [1.54, 1.807) is 4.68 Å². The summed E-state index contributed by atoms with van der Waals surface area (Å²) in [6.45, 7) is 1.53. The highest BCUT2D eigenvalue weighted by Crippen LogP contribution is 2.21. The number of halogens is 1. The molecule has 0 fully saturated rings. The molecule has 2 heterocycles. The second kappa shape index (κ2) is 3.85. The monoisotopic (exact) mass is 293 g/mol. The van der Waals surface area contributed by atoms with E-state index < -0.39 is 0 Å². The molecule has 17 heavy (non-hydrogen) atoms. The summed E-state index contributed by atoms with van der Waals surface area (Å²) in [6.07, 6.45) is 0. The molecule has 4 nitrogen and oxygen atoms in total. The highest BCUT2D eigenvalue weighted by atomic mass is 79.9. The van der Waals surface area contributed by atoms with Crippen LogP contribution in [0.5, 0.6) is 0 Å². The third-order valence-corrected chi connectivity index (χ3v) is 3.69. The van der Waals surface area contributed by atoms with Gasteiger partial charge in [0.25, 0.3) is 5.56 Å². The number of hydrogen-bond acceptors (Lipinski definition) is 2. The molecule has 2 aromatic rings. The Kier molecular flexibility index (Phi) is 2.45. The predicted octanol–water partition coefficient (Wildman–Crippen LogP) is 1.87. The minimum Gasteiger partial charge on any atom is -0.296 e. The summed E-state index contributed by atoms with van der Waals surface area (Å²) in [4.78, 5) is 14.4. The van der Waals surface area contributed by atoms with Crippen LogP contribution < -0.4 is 5.56 Å². The van der Waals surface area contributed by atoms with Crippen molar-refractivity contribution >= 4 is 15.9 Å². The van der Waals surface area contributed by atoms with Gasteiger partial charge < -0.3 is 0 Å². The predicted molar refractivity (Wildman–Crippen MR) is 69.3 cm³/mol. The van der Waals surface area contributed by atoms with Crippen LogP contribution in [0, 0.1) is 0 Å². The molecule has 1 N–H and O–H groups in total. The van der Waals surface area contributed by atoms with E-state index in [-0.39, 0.29) is 5.56 Å². The Morgan fingerprint density at radius 3 is 2.76 bits per heavy atom. The van der Waals surface area contributed by atoms with Crippen molar-refractivity contribution in [1.29, 1.82) is 0 Å². The number of hydrogen-bond donors (Lipinski definition) is 1. The first kappa shape index (κ1) is 10.8. The number of nitrogens with zero attached hydrogens (tertiary/aromatic N) is 2. The van der Waals surface area contributed by atoms with Gasteiger partial charge in [-0.05, 0) is 35.1 Å². The van der Waals surface area contributed by atoms with Crippen LogP contribution in [0.3, 0.4) is 0 Å². The molecule has 1 aliphatic heterocycles. The number of H-pyrrole nitrogens is 1. The minimum absolute atomic E-state index is 0.0521. The topological polar surface area (TPSA) is 41.0 Å². The lowest BCUT2D eigenvalue weighted by molar-refractivity contribution is 0.346. The van der Waals surface area contributed by atoms with Crippen molar-refractivity contribution in [1.82, 2.24) is 14.7 Å². The molecule has 0 aliphatic carbocycles. The first-order valence-corrected chi connectivity index (χ1v) is 6.22. The maximum Gasteiger partial charge on any atom is 0.276 e. The fourth-order valence-corrected chi connectivity index (χ4v) is 2.67. The van der Waals surface area contributed by atoms with Gasteiger partial charge in [-0.1, -0.05) is 12.1 Å². The molecular formula is C12H12BrN3O. The number of aromatic amines is 1. The highest BCUT2D eigenvalue weighted by molar-refractivity contribution is 9.10. The SMILES string of the molecule is CN1Cc2[nH]n(-c3ccccc3Br)c(=O)c2C1. The van der Waals surface area contributed by atoms with Crippen molar-refractivity contribution in [2.45, 2.75) is 13.1 Å². The van der Waals surface area contributed by atoms with Gasteiger partial charge in [0.15, 0.2) is 0 Å². The summed E-state index contributed by atoms with van der Waals surface area (Å²) < 4.78 is 2.53. The van der Waals surface area contributed by atoms with E-state index in [1.807, 2.05) is 31.3 Å². The molecule has 1 aromatic carbocycles. The van der Waals surface area contributed by atoms with Gasteiger partial charge in [-0.2, -0.15) is 0 Å². The van der Waals surface area contributed by atoms with Gasteiger partial charge in [-0.3, -0.25) is 14.8 Å². The maximum absolute atomic E-state index is 12.2. The second-order valence-corrected chi connectivity index (χ2v) is 5.19. The Balaban J connectivity index is 2.16. The van der Waals surface area contributed by atoms with E-state index in [4.69, 9.17) is 0 Å². The van der Waals surface area contributed by atoms with E-state index in [0.29, 0.717) is 0 Å². The molecular weight excluding hydrogens is 282 g/mol. The van der Waals surface area contributed by atoms with Gasteiger partial charge in [-0.25, -0.2) is 4.68 Å². The molecule has 1 aliphatic rings. The molecule has 3 rings (SSSR count). The molecule has 0 atom stereocenters. The summed E-state index contributed by atoms with van der Waals surface area (Å²) in [5.41, 5.74) is 2.81. The van der Waals surface area contributed by atoms with Crippen molar-refractivity contribution in [3.63, 3.8) is 0 Å². The Bertz CT molecular complexity index is 629. The molecule has 0 spiro atoms. The van der Waals surface area contributed by atoms with Crippen LogP contribution >= 0.6 is 15.9 Å². The number of fused-ring (bicyclic) bond motifs is 1. The van der Waals surface area contributed by atoms with Crippen LogP contribution in [0.15, 0.2) is 33.5 Å². The minimum atomic E-state index is 0.0521. The van der Waals surface area contributed by atoms with Gasteiger partial charge in [0.05, 0.1) is 16.9 Å². The largest absolute Gasteiger partial charge is 0.296 e. The molecule has 1 aromatic heterocycles. The summed E-state index contributed by atoms with van der Waals surface area (Å²) in [6, 6.07) is 7.70. The molecule has 0 unspecified atom stereocenters. The van der Waals surface area contributed by atoms with Crippen molar-refractivity contribution in [2.24, 2.45) is 0 Å². The number of nitrogens with one attached hydrogen (secondary N) is 1. The first-order chi connectivity index (χ1) is 8.16. The standard InChI is InChI=1S/C12H12BrN3O/c1-15-6-8-10(7-15)14-16(12(8)17)11-5-3-2-4-9(11)13/h2-5,14H,6-7H2,1H3. The van der Waals surface area contributed by atoms with Gasteiger partial charge in [0.2, 0.25) is 0 Å².